The van der Waals surface area contributed by atoms with Gasteiger partial charge in [0.05, 0.1) is 0 Å². The second-order valence-corrected chi connectivity index (χ2v) is 0.289. The molecule has 0 spiro atoms. The van der Waals surface area contributed by atoms with Crippen molar-refractivity contribution in [3.63, 3.8) is 0 Å². The molecule has 0 radical (unpaired) electrons. The Morgan fingerprint density at radius 3 is 1.80 bits per heavy atom. The molecule has 0 aromatic heterocycles. The van der Waals surface area contributed by atoms with Gasteiger partial charge in [0.15, 0.2) is 0 Å². The molecule has 0 saturated heterocycles. The number of rotatable bonds is 0. The molecule has 0 amide bonds. The molecule has 0 aliphatic rings. The smallest absolute Gasteiger partial charge is 1.00 e. The molecule has 0 atom stereocenters. The van der Waals surface area contributed by atoms with E-state index in [4.69, 9.17) is 0 Å². The summed E-state index contributed by atoms with van der Waals surface area (Å²) in [5, 5.41) is 0. The van der Waals surface area contributed by atoms with Crippen molar-refractivity contribution in [3.8, 4) is 0 Å². The van der Waals surface area contributed by atoms with Crippen molar-refractivity contribution in [2.75, 3.05) is 0 Å². The van der Waals surface area contributed by atoms with E-state index in [0.717, 1.165) is 0 Å². The summed E-state index contributed by atoms with van der Waals surface area (Å²) in [5.41, 5.74) is 0. The molecule has 0 aliphatic carbocycles. The Balaban J connectivity index is -0.00000000333. The van der Waals surface area contributed by atoms with E-state index in [1.165, 1.54) is 6.08 Å². The van der Waals surface area contributed by atoms with Gasteiger partial charge in [-0.15, -0.1) is 0 Å². The molecule has 0 fully saturated rings. The molecule has 2 heteroatoms. The van der Waals surface area contributed by atoms with Crippen molar-refractivity contribution in [2.45, 2.75) is 0 Å². The standard InChI is InChI=1S/C3H5.K.Mg.2H/c1-3-2;;;;/h3H,1-2H2;;;;/q-1;+1;+2;2*-1. The maximum atomic E-state index is 3.25. The van der Waals surface area contributed by atoms with Crippen molar-refractivity contribution in [1.82, 2.24) is 0 Å². The van der Waals surface area contributed by atoms with Gasteiger partial charge in [-0.1, -0.05) is 0 Å². The first-order valence-electron chi connectivity index (χ1n) is 0.816. The molecule has 0 aliphatic heterocycles. The third-order valence-electron chi connectivity index (χ3n) is 0. The largest absolute Gasteiger partial charge is 2.00 e. The Labute approximate surface area is 94.9 Å². The van der Waals surface area contributed by atoms with E-state index < -0.39 is 0 Å². The van der Waals surface area contributed by atoms with Crippen LogP contribution in [0.1, 0.15) is 2.85 Å². The Bertz CT molecular complexity index is 20.4. The zero-order valence-corrected chi connectivity index (χ0v) is 8.24. The van der Waals surface area contributed by atoms with Gasteiger partial charge in [-0.2, -0.15) is 0 Å². The topological polar surface area (TPSA) is 0 Å². The van der Waals surface area contributed by atoms with E-state index in [9.17, 15) is 0 Å². The molecule has 0 bridgehead atoms. The number of hydrogen-bond donors (Lipinski definition) is 0. The minimum atomic E-state index is 0. The van der Waals surface area contributed by atoms with Crippen LogP contribution in [0.2, 0.25) is 0 Å². The molecule has 0 saturated carbocycles. The van der Waals surface area contributed by atoms with Crippen LogP contribution >= 0.6 is 0 Å². The quantitative estimate of drug-likeness (QED) is 0.244. The first-order chi connectivity index (χ1) is 1.41. The fourth-order valence-electron chi connectivity index (χ4n) is 0. The van der Waals surface area contributed by atoms with Crippen LogP contribution in [0.25, 0.3) is 0 Å². The summed E-state index contributed by atoms with van der Waals surface area (Å²) in [6.07, 6.45) is 1.50. The summed E-state index contributed by atoms with van der Waals surface area (Å²) in [6, 6.07) is 0. The van der Waals surface area contributed by atoms with Crippen LogP contribution in [0.15, 0.2) is 12.7 Å². The van der Waals surface area contributed by atoms with Crippen LogP contribution in [-0.2, 0) is 0 Å². The molecule has 0 aromatic rings. The Hall–Kier alpha value is 2.01. The SMILES string of the molecule is C=C[CH2-].[H-].[H-].[K+].[Mg+2]. The molecule has 0 aromatic carbocycles. The normalized spacial score (nSPS) is 2.40. The van der Waals surface area contributed by atoms with Gasteiger partial charge in [0.2, 0.25) is 0 Å². The summed E-state index contributed by atoms with van der Waals surface area (Å²) in [7, 11) is 0. The van der Waals surface area contributed by atoms with Crippen molar-refractivity contribution < 1.29 is 54.2 Å². The van der Waals surface area contributed by atoms with Crippen molar-refractivity contribution >= 4 is 23.1 Å². The zero-order chi connectivity index (χ0) is 2.71. The monoisotopic (exact) mass is 106 g/mol. The van der Waals surface area contributed by atoms with Crippen molar-refractivity contribution in [2.24, 2.45) is 0 Å². The van der Waals surface area contributed by atoms with Gasteiger partial charge in [0.25, 0.3) is 0 Å². The van der Waals surface area contributed by atoms with E-state index in [2.05, 4.69) is 13.5 Å². The zero-order valence-electron chi connectivity index (χ0n) is 5.70. The maximum Gasteiger partial charge on any atom is 2.00 e. The summed E-state index contributed by atoms with van der Waals surface area (Å²) < 4.78 is 0. The Morgan fingerprint density at radius 2 is 1.80 bits per heavy atom. The maximum absolute atomic E-state index is 3.25. The average molecular weight is 106 g/mol. The predicted molar refractivity (Wildman–Crippen MR) is 23.5 cm³/mol. The van der Waals surface area contributed by atoms with Gasteiger partial charge >= 0.3 is 74.4 Å². The molecule has 0 N–H and O–H groups in total. The third kappa shape index (κ3) is 23.9. The summed E-state index contributed by atoms with van der Waals surface area (Å²) in [4.78, 5) is 0. The Kier molecular flexibility index (Phi) is 52.4. The molecular weight excluding hydrogens is 99.4 g/mol. The molecule has 5 heavy (non-hydrogen) atoms. The number of hydrogen-bond acceptors (Lipinski definition) is 0. The van der Waals surface area contributed by atoms with Crippen molar-refractivity contribution in [1.29, 1.82) is 0 Å². The van der Waals surface area contributed by atoms with Gasteiger partial charge in [-0.25, -0.2) is 19.6 Å². The fraction of sp³-hybridized carbons (Fsp3) is 0. The van der Waals surface area contributed by atoms with Crippen molar-refractivity contribution in [3.05, 3.63) is 19.6 Å². The molecule has 0 rings (SSSR count). The Morgan fingerprint density at radius 1 is 1.80 bits per heavy atom. The van der Waals surface area contributed by atoms with Crippen LogP contribution < -0.4 is 51.4 Å². The second kappa shape index (κ2) is 16.6. The summed E-state index contributed by atoms with van der Waals surface area (Å²) in [5.74, 6) is 0. The number of allylic oxidation sites excluding steroid dienone is 1. The minimum absolute atomic E-state index is 0. The molecule has 22 valence electrons. The third-order valence-corrected chi connectivity index (χ3v) is 0. The predicted octanol–water partition coefficient (Wildman–Crippen LogP) is -2.15. The van der Waals surface area contributed by atoms with Gasteiger partial charge < -0.3 is 2.85 Å². The first kappa shape index (κ1) is 15.7. The van der Waals surface area contributed by atoms with Gasteiger partial charge in [0, 0.05) is 0 Å². The summed E-state index contributed by atoms with van der Waals surface area (Å²) in [6.45, 7) is 6.50. The van der Waals surface area contributed by atoms with Crippen LogP contribution in [0, 0.1) is 6.92 Å². The van der Waals surface area contributed by atoms with E-state index in [0.29, 0.717) is 0 Å². The minimum Gasteiger partial charge on any atom is -1.00 e. The second-order valence-electron chi connectivity index (χ2n) is 0.289. The molecular formula is C3H7KMg. The molecule has 0 heterocycles. The molecule has 0 unspecified atom stereocenters. The van der Waals surface area contributed by atoms with E-state index in [1.54, 1.807) is 0 Å². The van der Waals surface area contributed by atoms with Gasteiger partial charge in [0.1, 0.15) is 0 Å². The van der Waals surface area contributed by atoms with E-state index in [1.807, 2.05) is 0 Å². The first-order valence-corrected chi connectivity index (χ1v) is 0.816. The average Bonchev–Trinajstić information content (AvgIpc) is 0.918. The fourth-order valence-corrected chi connectivity index (χ4v) is 0. The van der Waals surface area contributed by atoms with Gasteiger partial charge in [-0.3, -0.25) is 0 Å². The van der Waals surface area contributed by atoms with Crippen LogP contribution in [0.3, 0.4) is 0 Å². The molecule has 0 nitrogen and oxygen atoms in total. The van der Waals surface area contributed by atoms with E-state index in [-0.39, 0.29) is 77.3 Å². The van der Waals surface area contributed by atoms with Crippen LogP contribution in [0.4, 0.5) is 0 Å². The van der Waals surface area contributed by atoms with Crippen LogP contribution in [0.5, 0.6) is 0 Å². The van der Waals surface area contributed by atoms with Gasteiger partial charge in [-0.05, 0) is 0 Å². The van der Waals surface area contributed by atoms with Crippen LogP contribution in [-0.4, -0.2) is 23.1 Å². The van der Waals surface area contributed by atoms with E-state index >= 15 is 0 Å². The summed E-state index contributed by atoms with van der Waals surface area (Å²) >= 11 is 0.